The molecule has 0 aliphatic rings. The number of anilines is 1. The van der Waals surface area contributed by atoms with Gasteiger partial charge in [-0.15, -0.1) is 0 Å². The Kier molecular flexibility index (Phi) is 3.69. The van der Waals surface area contributed by atoms with Crippen LogP contribution >= 0.6 is 0 Å². The number of hydrogen-bond donors (Lipinski definition) is 1. The van der Waals surface area contributed by atoms with E-state index in [0.717, 1.165) is 10.4 Å². The lowest BCUT2D eigenvalue weighted by Gasteiger charge is -2.14. The van der Waals surface area contributed by atoms with Crippen molar-refractivity contribution in [3.8, 4) is 0 Å². The van der Waals surface area contributed by atoms with Gasteiger partial charge in [-0.2, -0.15) is 0 Å². The Morgan fingerprint density at radius 2 is 2.06 bits per heavy atom. The first kappa shape index (κ1) is 13.4. The predicted molar refractivity (Wildman–Crippen MR) is 63.0 cm³/mol. The van der Waals surface area contributed by atoms with Crippen molar-refractivity contribution in [1.29, 1.82) is 0 Å². The van der Waals surface area contributed by atoms with Crippen molar-refractivity contribution in [2.24, 2.45) is 0 Å². The monoisotopic (exact) mass is 259 g/mol. The van der Waals surface area contributed by atoms with Gasteiger partial charge in [-0.05, 0) is 12.1 Å². The molecule has 0 spiro atoms. The van der Waals surface area contributed by atoms with Crippen LogP contribution in [0, 0.1) is 10.1 Å². The summed E-state index contributed by atoms with van der Waals surface area (Å²) in [6.45, 7) is 1.95. The third kappa shape index (κ3) is 2.53. The molecule has 94 valence electrons. The minimum absolute atomic E-state index is 0.0619. The number of rotatable bonds is 4. The van der Waals surface area contributed by atoms with E-state index in [0.29, 0.717) is 0 Å². The van der Waals surface area contributed by atoms with Gasteiger partial charge >= 0.3 is 0 Å². The molecule has 1 aromatic rings. The van der Waals surface area contributed by atoms with E-state index in [-0.39, 0.29) is 17.1 Å². The van der Waals surface area contributed by atoms with Crippen LogP contribution in [0.25, 0.3) is 0 Å². The Hall–Kier alpha value is -1.67. The van der Waals surface area contributed by atoms with Crippen molar-refractivity contribution in [3.05, 3.63) is 28.3 Å². The molecular weight excluding hydrogens is 246 g/mol. The van der Waals surface area contributed by atoms with Gasteiger partial charge in [-0.1, -0.05) is 6.92 Å². The van der Waals surface area contributed by atoms with E-state index in [1.807, 2.05) is 0 Å². The zero-order chi connectivity index (χ0) is 13.2. The summed E-state index contributed by atoms with van der Waals surface area (Å²) in [5.74, 6) is 0. The van der Waals surface area contributed by atoms with E-state index in [9.17, 15) is 18.5 Å². The molecule has 1 rings (SSSR count). The summed E-state index contributed by atoms with van der Waals surface area (Å²) in [7, 11) is -2.29. The Labute approximate surface area is 99.0 Å². The zero-order valence-corrected chi connectivity index (χ0v) is 10.3. The second kappa shape index (κ2) is 4.68. The maximum Gasteiger partial charge on any atom is 0.293 e. The SMILES string of the molecule is CCN(C)S(=O)(=O)c1ccc(N)c([N+](=O)[O-])c1. The minimum atomic E-state index is -3.69. The molecule has 0 heterocycles. The summed E-state index contributed by atoms with van der Waals surface area (Å²) < 4.78 is 24.9. The van der Waals surface area contributed by atoms with Crippen molar-refractivity contribution in [1.82, 2.24) is 4.31 Å². The first-order valence-electron chi connectivity index (χ1n) is 4.81. The summed E-state index contributed by atoms with van der Waals surface area (Å²) >= 11 is 0. The van der Waals surface area contributed by atoms with Crippen molar-refractivity contribution >= 4 is 21.4 Å². The number of nitrogens with two attached hydrogens (primary N) is 1. The van der Waals surface area contributed by atoms with Crippen LogP contribution < -0.4 is 5.73 Å². The standard InChI is InChI=1S/C9H13N3O4S/c1-3-11(2)17(15,16)7-4-5-8(10)9(6-7)12(13)14/h4-6H,3,10H2,1-2H3. The van der Waals surface area contributed by atoms with Crippen LogP contribution in [-0.2, 0) is 10.0 Å². The molecule has 2 N–H and O–H groups in total. The van der Waals surface area contributed by atoms with Gasteiger partial charge in [0.1, 0.15) is 5.69 Å². The molecule has 0 bridgehead atoms. The summed E-state index contributed by atoms with van der Waals surface area (Å²) in [6, 6.07) is 3.44. The van der Waals surface area contributed by atoms with Gasteiger partial charge in [0.2, 0.25) is 10.0 Å². The maximum absolute atomic E-state index is 11.9. The quantitative estimate of drug-likeness (QED) is 0.489. The van der Waals surface area contributed by atoms with Gasteiger partial charge in [0.15, 0.2) is 0 Å². The topological polar surface area (TPSA) is 107 Å². The van der Waals surface area contributed by atoms with Crippen LogP contribution in [0.3, 0.4) is 0 Å². The van der Waals surface area contributed by atoms with Gasteiger partial charge in [0, 0.05) is 19.7 Å². The number of nitrogen functional groups attached to an aromatic ring is 1. The highest BCUT2D eigenvalue weighted by Crippen LogP contribution is 2.26. The third-order valence-electron chi connectivity index (χ3n) is 2.35. The highest BCUT2D eigenvalue weighted by molar-refractivity contribution is 7.89. The average Bonchev–Trinajstić information content (AvgIpc) is 2.27. The number of hydrogen-bond acceptors (Lipinski definition) is 5. The Morgan fingerprint density at radius 1 is 1.47 bits per heavy atom. The fraction of sp³-hybridized carbons (Fsp3) is 0.333. The number of sulfonamides is 1. The van der Waals surface area contributed by atoms with Crippen LogP contribution in [-0.4, -0.2) is 31.2 Å². The first-order valence-corrected chi connectivity index (χ1v) is 6.25. The molecule has 0 saturated carbocycles. The zero-order valence-electron chi connectivity index (χ0n) is 9.45. The Morgan fingerprint density at radius 3 is 2.53 bits per heavy atom. The van der Waals surface area contributed by atoms with Gasteiger partial charge in [-0.3, -0.25) is 10.1 Å². The normalized spacial score (nSPS) is 11.7. The van der Waals surface area contributed by atoms with Crippen LogP contribution in [0.4, 0.5) is 11.4 Å². The summed E-state index contributed by atoms with van der Waals surface area (Å²) in [5, 5.41) is 10.7. The molecule has 0 aliphatic heterocycles. The number of benzene rings is 1. The molecule has 1 aromatic carbocycles. The largest absolute Gasteiger partial charge is 0.393 e. The minimum Gasteiger partial charge on any atom is -0.393 e. The van der Waals surface area contributed by atoms with Crippen LogP contribution in [0.2, 0.25) is 0 Å². The van der Waals surface area contributed by atoms with E-state index < -0.39 is 20.6 Å². The number of nitro groups is 1. The highest BCUT2D eigenvalue weighted by atomic mass is 32.2. The van der Waals surface area contributed by atoms with Gasteiger partial charge in [-0.25, -0.2) is 12.7 Å². The lowest BCUT2D eigenvalue weighted by Crippen LogP contribution is -2.26. The molecule has 0 aliphatic carbocycles. The van der Waals surface area contributed by atoms with Crippen molar-refractivity contribution in [2.75, 3.05) is 19.3 Å². The smallest absolute Gasteiger partial charge is 0.293 e. The fourth-order valence-electron chi connectivity index (χ4n) is 1.19. The summed E-state index contributed by atoms with van der Waals surface area (Å²) in [6.07, 6.45) is 0. The van der Waals surface area contributed by atoms with E-state index >= 15 is 0 Å². The molecule has 0 aromatic heterocycles. The van der Waals surface area contributed by atoms with E-state index in [1.54, 1.807) is 6.92 Å². The van der Waals surface area contributed by atoms with Crippen molar-refractivity contribution in [3.63, 3.8) is 0 Å². The molecule has 0 atom stereocenters. The molecular formula is C9H13N3O4S. The Balaban J connectivity index is 3.35. The lowest BCUT2D eigenvalue weighted by molar-refractivity contribution is -0.384. The first-order chi connectivity index (χ1) is 7.80. The third-order valence-corrected chi connectivity index (χ3v) is 4.28. The molecule has 0 unspecified atom stereocenters. The van der Waals surface area contributed by atoms with Gasteiger partial charge in [0.05, 0.1) is 9.82 Å². The van der Waals surface area contributed by atoms with E-state index in [2.05, 4.69) is 0 Å². The van der Waals surface area contributed by atoms with Gasteiger partial charge < -0.3 is 5.73 Å². The van der Waals surface area contributed by atoms with Crippen LogP contribution in [0.1, 0.15) is 6.92 Å². The molecule has 7 nitrogen and oxygen atoms in total. The second-order valence-corrected chi connectivity index (χ2v) is 5.44. The van der Waals surface area contributed by atoms with Crippen molar-refractivity contribution < 1.29 is 13.3 Å². The number of nitro benzene ring substituents is 1. The Bertz CT molecular complexity index is 541. The molecule has 0 radical (unpaired) electrons. The van der Waals surface area contributed by atoms with Crippen molar-refractivity contribution in [2.45, 2.75) is 11.8 Å². The van der Waals surface area contributed by atoms with Crippen LogP contribution in [0.15, 0.2) is 23.1 Å². The van der Waals surface area contributed by atoms with Gasteiger partial charge in [0.25, 0.3) is 5.69 Å². The number of nitrogens with zero attached hydrogens (tertiary/aromatic N) is 2. The lowest BCUT2D eigenvalue weighted by atomic mass is 10.3. The summed E-state index contributed by atoms with van der Waals surface area (Å²) in [5.41, 5.74) is 4.92. The second-order valence-electron chi connectivity index (χ2n) is 3.40. The fourth-order valence-corrected chi connectivity index (χ4v) is 2.39. The maximum atomic E-state index is 11.9. The van der Waals surface area contributed by atoms with E-state index in [1.165, 1.54) is 19.2 Å². The predicted octanol–water partition coefficient (Wildman–Crippen LogP) is 0.817. The summed E-state index contributed by atoms with van der Waals surface area (Å²) in [4.78, 5) is 9.81. The molecule has 8 heteroatoms. The van der Waals surface area contributed by atoms with E-state index in [4.69, 9.17) is 5.73 Å². The molecule has 0 amide bonds. The average molecular weight is 259 g/mol. The molecule has 0 saturated heterocycles. The van der Waals surface area contributed by atoms with Crippen LogP contribution in [0.5, 0.6) is 0 Å². The molecule has 0 fully saturated rings. The molecule has 17 heavy (non-hydrogen) atoms. The highest BCUT2D eigenvalue weighted by Gasteiger charge is 2.23.